The minimum Gasteiger partial charge on any atom is -0.490 e. The lowest BCUT2D eigenvalue weighted by Crippen LogP contribution is -2.42. The zero-order valence-corrected chi connectivity index (χ0v) is 37.1. The molecule has 0 spiro atoms. The molecule has 3 unspecified atom stereocenters. The molecule has 1 aliphatic rings. The molecule has 0 amide bonds. The number of carbonyl (C=O) groups excluding carboxylic acids is 2. The van der Waals surface area contributed by atoms with Crippen LogP contribution in [0.1, 0.15) is 58.4 Å². The number of dihydropyridines is 1. The largest absolute Gasteiger partial charge is 0.513 e. The topological polar surface area (TPSA) is 188 Å². The molecule has 1 heterocycles. The smallest absolute Gasteiger partial charge is 0.490 e. The molecule has 15 nitrogen and oxygen atoms in total. The van der Waals surface area contributed by atoms with E-state index in [4.69, 9.17) is 28.4 Å². The zero-order chi connectivity index (χ0) is 46.3. The summed E-state index contributed by atoms with van der Waals surface area (Å²) in [5.74, 6) is 0.137. The minimum atomic E-state index is -1.16. The van der Waals surface area contributed by atoms with Gasteiger partial charge in [-0.1, -0.05) is 105 Å². The van der Waals surface area contributed by atoms with Crippen molar-refractivity contribution in [2.45, 2.75) is 65.1 Å². The number of nitrogens with one attached hydrogen (secondary N) is 1. The Morgan fingerprint density at radius 2 is 1.18 bits per heavy atom. The van der Waals surface area contributed by atoms with Gasteiger partial charge in [-0.2, -0.15) is 0 Å². The first-order chi connectivity index (χ1) is 31.4. The lowest BCUT2D eigenvalue weighted by atomic mass is 9.89. The van der Waals surface area contributed by atoms with Crippen LogP contribution in [0.25, 0.3) is 21.5 Å². The Labute approximate surface area is 378 Å². The molecule has 6 rings (SSSR count). The Morgan fingerprint density at radius 1 is 0.677 bits per heavy atom. The third-order valence-electron chi connectivity index (χ3n) is 10.6. The predicted octanol–water partition coefficient (Wildman–Crippen LogP) is 9.37. The van der Waals surface area contributed by atoms with Gasteiger partial charge in [-0.05, 0) is 68.5 Å². The van der Waals surface area contributed by atoms with E-state index in [9.17, 15) is 29.9 Å². The Balaban J connectivity index is 1.05. The van der Waals surface area contributed by atoms with Crippen molar-refractivity contribution in [2.75, 3.05) is 46.1 Å². The van der Waals surface area contributed by atoms with E-state index in [1.165, 1.54) is 18.2 Å². The lowest BCUT2D eigenvalue weighted by Gasteiger charge is -2.30. The number of nitro groups is 1. The van der Waals surface area contributed by atoms with Crippen LogP contribution >= 0.6 is 0 Å². The maximum Gasteiger partial charge on any atom is 0.513 e. The van der Waals surface area contributed by atoms with E-state index in [0.29, 0.717) is 48.7 Å². The van der Waals surface area contributed by atoms with Crippen molar-refractivity contribution in [3.05, 3.63) is 148 Å². The summed E-state index contributed by atoms with van der Waals surface area (Å²) in [5, 5.41) is 41.5. The molecule has 5 aromatic rings. The van der Waals surface area contributed by atoms with Crippen molar-refractivity contribution in [2.24, 2.45) is 5.92 Å². The van der Waals surface area contributed by atoms with E-state index in [1.54, 1.807) is 19.9 Å². The quantitative estimate of drug-likeness (QED) is 0.0258. The number of allylic oxidation sites excluding steroid dienone is 2. The Bertz CT molecular complexity index is 2380. The van der Waals surface area contributed by atoms with Crippen LogP contribution in [0.4, 0.5) is 15.3 Å². The third kappa shape index (κ3) is 13.4. The third-order valence-corrected chi connectivity index (χ3v) is 10.6. The van der Waals surface area contributed by atoms with Gasteiger partial charge in [-0.25, -0.2) is 9.59 Å². The van der Waals surface area contributed by atoms with Gasteiger partial charge in [-0.15, -0.1) is 0 Å². The number of nitro benzene ring substituents is 1. The second kappa shape index (κ2) is 23.3. The molecular formula is C50H57N3O12. The van der Waals surface area contributed by atoms with Gasteiger partial charge >= 0.3 is 12.3 Å². The summed E-state index contributed by atoms with van der Waals surface area (Å²) in [4.78, 5) is 39.5. The van der Waals surface area contributed by atoms with Crippen molar-refractivity contribution >= 4 is 39.5 Å². The predicted molar refractivity (Wildman–Crippen MR) is 245 cm³/mol. The molecule has 0 fully saturated rings. The van der Waals surface area contributed by atoms with Gasteiger partial charge in [0.05, 0.1) is 29.5 Å². The highest BCUT2D eigenvalue weighted by atomic mass is 16.7. The van der Waals surface area contributed by atoms with Crippen LogP contribution in [0.3, 0.4) is 0 Å². The number of ether oxygens (including phenoxy) is 6. The Morgan fingerprint density at radius 3 is 1.74 bits per heavy atom. The second-order valence-corrected chi connectivity index (χ2v) is 16.3. The molecule has 3 atom stereocenters. The van der Waals surface area contributed by atoms with Gasteiger partial charge in [0.1, 0.15) is 54.4 Å². The number of benzene rings is 5. The van der Waals surface area contributed by atoms with Crippen molar-refractivity contribution in [1.29, 1.82) is 0 Å². The van der Waals surface area contributed by atoms with Crippen molar-refractivity contribution in [3.8, 4) is 11.5 Å². The standard InChI is InChI=1S/C50H57N3O12/c1-33(2)30-63-50(57)65-48-35(4)51-34(3)47(46(48)42-22-10-11-23-43(42)53(58)59)64-49(56)60-27-13-5-12-26-52(28-38(54)31-61-44-24-14-18-36-16-6-8-20-40(36)44)29-39(55)32-62-45-25-15-19-37-17-7-9-21-41(37)45/h6-11,14-25,33,38-39,46,51,54-55H,5,12-13,26-32H2,1-4H3. The van der Waals surface area contributed by atoms with Crippen LogP contribution in [0.2, 0.25) is 0 Å². The first-order valence-corrected chi connectivity index (χ1v) is 21.8. The summed E-state index contributed by atoms with van der Waals surface area (Å²) in [6.45, 7) is 8.10. The first kappa shape index (κ1) is 47.8. The summed E-state index contributed by atoms with van der Waals surface area (Å²) < 4.78 is 34.2. The van der Waals surface area contributed by atoms with E-state index in [2.05, 4.69) is 5.32 Å². The highest BCUT2D eigenvalue weighted by molar-refractivity contribution is 5.89. The monoisotopic (exact) mass is 891 g/mol. The molecule has 0 saturated heterocycles. The van der Waals surface area contributed by atoms with E-state index in [0.717, 1.165) is 21.5 Å². The average Bonchev–Trinajstić information content (AvgIpc) is 3.29. The summed E-state index contributed by atoms with van der Waals surface area (Å²) in [6, 6.07) is 33.2. The maximum atomic E-state index is 13.2. The molecular weight excluding hydrogens is 835 g/mol. The van der Waals surface area contributed by atoms with Gasteiger partial charge in [0.15, 0.2) is 0 Å². The normalized spacial score (nSPS) is 14.9. The fourth-order valence-corrected chi connectivity index (χ4v) is 7.62. The number of hydrogen-bond donors (Lipinski definition) is 3. The molecule has 0 aliphatic carbocycles. The molecule has 5 aromatic carbocycles. The minimum absolute atomic E-state index is 0.00249. The number of hydrogen-bond acceptors (Lipinski definition) is 14. The fraction of sp³-hybridized carbons (Fsp3) is 0.360. The van der Waals surface area contributed by atoms with Crippen molar-refractivity contribution < 1.29 is 53.1 Å². The van der Waals surface area contributed by atoms with Crippen LogP contribution in [0, 0.1) is 16.0 Å². The molecule has 0 saturated carbocycles. The highest BCUT2D eigenvalue weighted by Crippen LogP contribution is 2.43. The van der Waals surface area contributed by atoms with E-state index in [-0.39, 0.29) is 68.2 Å². The summed E-state index contributed by atoms with van der Waals surface area (Å²) >= 11 is 0. The van der Waals surface area contributed by atoms with Crippen LogP contribution in [0.5, 0.6) is 11.5 Å². The van der Waals surface area contributed by atoms with Gasteiger partial charge < -0.3 is 44.0 Å². The van der Waals surface area contributed by atoms with Crippen LogP contribution < -0.4 is 14.8 Å². The number of nitrogens with zero attached hydrogens (tertiary/aromatic N) is 2. The Hall–Kier alpha value is -6.68. The van der Waals surface area contributed by atoms with Gasteiger partial charge in [0.25, 0.3) is 5.69 Å². The van der Waals surface area contributed by atoms with E-state index >= 15 is 0 Å². The van der Waals surface area contributed by atoms with Crippen LogP contribution in [-0.4, -0.2) is 90.6 Å². The molecule has 3 N–H and O–H groups in total. The lowest BCUT2D eigenvalue weighted by molar-refractivity contribution is -0.385. The van der Waals surface area contributed by atoms with Crippen molar-refractivity contribution in [1.82, 2.24) is 10.2 Å². The summed E-state index contributed by atoms with van der Waals surface area (Å²) in [6.07, 6.45) is -2.08. The first-order valence-electron chi connectivity index (χ1n) is 21.8. The number of rotatable bonds is 22. The molecule has 0 aromatic heterocycles. The zero-order valence-electron chi connectivity index (χ0n) is 37.1. The molecule has 15 heteroatoms. The van der Waals surface area contributed by atoms with E-state index < -0.39 is 35.4 Å². The highest BCUT2D eigenvalue weighted by Gasteiger charge is 2.39. The second-order valence-electron chi connectivity index (χ2n) is 16.3. The van der Waals surface area contributed by atoms with Gasteiger partial charge in [0, 0.05) is 35.5 Å². The molecule has 0 radical (unpaired) electrons. The molecule has 1 aliphatic heterocycles. The van der Waals surface area contributed by atoms with E-state index in [1.807, 2.05) is 104 Å². The van der Waals surface area contributed by atoms with Gasteiger partial charge in [-0.3, -0.25) is 15.0 Å². The SMILES string of the molecule is CC1=C(OC(=O)OCCCCCN(CC(O)COc2cccc3ccccc23)CC(O)COc2cccc3ccccc23)C(c2ccccc2[N+](=O)[O-])C(OC(=O)OCC(C)C)=C(C)N1. The number of aliphatic hydroxyl groups excluding tert-OH is 2. The maximum absolute atomic E-state index is 13.2. The average molecular weight is 892 g/mol. The summed E-state index contributed by atoms with van der Waals surface area (Å²) in [7, 11) is 0. The van der Waals surface area contributed by atoms with Gasteiger partial charge in [0.2, 0.25) is 0 Å². The Kier molecular flexibility index (Phi) is 17.1. The molecule has 65 heavy (non-hydrogen) atoms. The molecule has 344 valence electrons. The number of para-hydroxylation sites is 1. The van der Waals surface area contributed by atoms with Crippen LogP contribution in [-0.2, 0) is 18.9 Å². The van der Waals surface area contributed by atoms with Crippen LogP contribution in [0.15, 0.2) is 132 Å². The molecule has 0 bridgehead atoms. The number of fused-ring (bicyclic) bond motifs is 2. The number of unbranched alkanes of at least 4 members (excludes halogenated alkanes) is 2. The van der Waals surface area contributed by atoms with Crippen molar-refractivity contribution in [3.63, 3.8) is 0 Å². The number of carbonyl (C=O) groups is 2. The fourth-order valence-electron chi connectivity index (χ4n) is 7.62. The summed E-state index contributed by atoms with van der Waals surface area (Å²) in [5.41, 5.74) is 0.596. The number of aliphatic hydroxyl groups is 2.